The van der Waals surface area contributed by atoms with Gasteiger partial charge in [0.25, 0.3) is 5.91 Å². The summed E-state index contributed by atoms with van der Waals surface area (Å²) in [5, 5.41) is 2.57. The molecule has 4 nitrogen and oxygen atoms in total. The quantitative estimate of drug-likeness (QED) is 0.680. The van der Waals surface area contributed by atoms with E-state index in [2.05, 4.69) is 5.32 Å². The van der Waals surface area contributed by atoms with Crippen LogP contribution in [0.4, 0.5) is 0 Å². The zero-order valence-corrected chi connectivity index (χ0v) is 11.5. The molecule has 0 unspecified atom stereocenters. The summed E-state index contributed by atoms with van der Waals surface area (Å²) in [6, 6.07) is 5.42. The fourth-order valence-corrected chi connectivity index (χ4v) is 2.53. The van der Waals surface area contributed by atoms with E-state index in [1.807, 2.05) is 12.1 Å². The lowest BCUT2D eigenvalue weighted by atomic mass is 10.2. The van der Waals surface area contributed by atoms with Crippen LogP contribution in [0.25, 0.3) is 6.08 Å². The van der Waals surface area contributed by atoms with Crippen molar-refractivity contribution in [2.45, 2.75) is 0 Å². The molecule has 0 spiro atoms. The Morgan fingerprint density at radius 3 is 2.28 bits per heavy atom. The van der Waals surface area contributed by atoms with Gasteiger partial charge in [-0.05, 0) is 23.8 Å². The third kappa shape index (κ3) is 2.83. The average molecular weight is 281 g/mol. The monoisotopic (exact) mass is 281 g/mol. The highest BCUT2D eigenvalue weighted by molar-refractivity contribution is 8.26. The van der Waals surface area contributed by atoms with Crippen LogP contribution in [0.1, 0.15) is 5.56 Å². The predicted octanol–water partition coefficient (Wildman–Crippen LogP) is 2.19. The maximum absolute atomic E-state index is 11.5. The van der Waals surface area contributed by atoms with Gasteiger partial charge in [-0.25, -0.2) is 0 Å². The summed E-state index contributed by atoms with van der Waals surface area (Å²) in [6.45, 7) is 0. The molecule has 0 aromatic heterocycles. The second kappa shape index (κ2) is 5.41. The molecule has 0 saturated carbocycles. The van der Waals surface area contributed by atoms with E-state index in [-0.39, 0.29) is 5.91 Å². The van der Waals surface area contributed by atoms with Gasteiger partial charge in [0, 0.05) is 6.07 Å². The standard InChI is InChI=1S/C12H11NO3S2/c1-15-8-3-7(4-9(6-8)16-2)5-10-11(14)13-12(17)18-10/h3-6H,1-2H3,(H,13,14,17)/b10-5+. The zero-order chi connectivity index (χ0) is 13.1. The van der Waals surface area contributed by atoms with E-state index >= 15 is 0 Å². The molecule has 1 amide bonds. The first kappa shape index (κ1) is 12.9. The summed E-state index contributed by atoms with van der Waals surface area (Å²) >= 11 is 6.17. The van der Waals surface area contributed by atoms with Crippen LogP contribution in [-0.2, 0) is 4.79 Å². The van der Waals surface area contributed by atoms with E-state index in [9.17, 15) is 4.79 Å². The molecule has 1 aromatic carbocycles. The van der Waals surface area contributed by atoms with E-state index in [1.165, 1.54) is 11.8 Å². The Hall–Kier alpha value is -1.53. The molecule has 1 saturated heterocycles. The van der Waals surface area contributed by atoms with Crippen molar-refractivity contribution >= 4 is 40.3 Å². The molecule has 1 N–H and O–H groups in total. The van der Waals surface area contributed by atoms with Crippen LogP contribution in [0.15, 0.2) is 23.1 Å². The Labute approximate surface area is 114 Å². The molecule has 0 atom stereocenters. The lowest BCUT2D eigenvalue weighted by Crippen LogP contribution is -2.17. The first-order valence-corrected chi connectivity index (χ1v) is 6.33. The molecule has 1 aromatic rings. The second-order valence-corrected chi connectivity index (χ2v) is 5.22. The van der Waals surface area contributed by atoms with Crippen LogP contribution in [0, 0.1) is 0 Å². The lowest BCUT2D eigenvalue weighted by Gasteiger charge is -2.06. The first-order chi connectivity index (χ1) is 8.62. The number of hydrogen-bond acceptors (Lipinski definition) is 5. The third-order valence-electron chi connectivity index (χ3n) is 2.31. The van der Waals surface area contributed by atoms with Crippen LogP contribution >= 0.6 is 24.0 Å². The number of carbonyl (C=O) groups excluding carboxylic acids is 1. The highest BCUT2D eigenvalue weighted by Gasteiger charge is 2.22. The molecule has 6 heteroatoms. The van der Waals surface area contributed by atoms with Gasteiger partial charge >= 0.3 is 0 Å². The van der Waals surface area contributed by atoms with Crippen molar-refractivity contribution in [1.29, 1.82) is 0 Å². The first-order valence-electron chi connectivity index (χ1n) is 5.10. The number of hydrogen-bond donors (Lipinski definition) is 1. The van der Waals surface area contributed by atoms with Crippen molar-refractivity contribution in [2.24, 2.45) is 0 Å². The number of benzene rings is 1. The molecule has 0 bridgehead atoms. The second-order valence-electron chi connectivity index (χ2n) is 3.50. The van der Waals surface area contributed by atoms with Crippen molar-refractivity contribution in [1.82, 2.24) is 5.32 Å². The summed E-state index contributed by atoms with van der Waals surface area (Å²) in [4.78, 5) is 12.1. The number of amides is 1. The van der Waals surface area contributed by atoms with Gasteiger partial charge in [-0.1, -0.05) is 24.0 Å². The van der Waals surface area contributed by atoms with Crippen LogP contribution in [0.2, 0.25) is 0 Å². The van der Waals surface area contributed by atoms with E-state index < -0.39 is 0 Å². The molecule has 0 aliphatic carbocycles. The Balaban J connectivity index is 2.36. The SMILES string of the molecule is COc1cc(/C=C2/SC(=S)NC2=O)cc(OC)c1. The van der Waals surface area contributed by atoms with Crippen LogP contribution in [-0.4, -0.2) is 24.4 Å². The van der Waals surface area contributed by atoms with Gasteiger partial charge in [0.1, 0.15) is 15.8 Å². The van der Waals surface area contributed by atoms with Gasteiger partial charge < -0.3 is 14.8 Å². The molecule has 18 heavy (non-hydrogen) atoms. The largest absolute Gasteiger partial charge is 0.497 e. The number of rotatable bonds is 3. The van der Waals surface area contributed by atoms with Crippen molar-refractivity contribution in [3.8, 4) is 11.5 Å². The molecular weight excluding hydrogens is 270 g/mol. The molecule has 1 aliphatic rings. The molecule has 0 radical (unpaired) electrons. The molecule has 1 heterocycles. The minimum atomic E-state index is -0.174. The average Bonchev–Trinajstić information content (AvgIpc) is 2.67. The van der Waals surface area contributed by atoms with E-state index in [1.54, 1.807) is 26.4 Å². The lowest BCUT2D eigenvalue weighted by molar-refractivity contribution is -0.115. The van der Waals surface area contributed by atoms with Gasteiger partial charge in [-0.15, -0.1) is 0 Å². The van der Waals surface area contributed by atoms with E-state index in [0.29, 0.717) is 20.7 Å². The number of thiocarbonyl (C=S) groups is 1. The molecule has 2 rings (SSSR count). The van der Waals surface area contributed by atoms with Gasteiger partial charge in [-0.2, -0.15) is 0 Å². The highest BCUT2D eigenvalue weighted by atomic mass is 32.2. The van der Waals surface area contributed by atoms with Crippen LogP contribution in [0.5, 0.6) is 11.5 Å². The third-order valence-corrected chi connectivity index (χ3v) is 3.48. The zero-order valence-electron chi connectivity index (χ0n) is 9.85. The van der Waals surface area contributed by atoms with Gasteiger partial charge in [0.05, 0.1) is 19.1 Å². The van der Waals surface area contributed by atoms with E-state index in [0.717, 1.165) is 5.56 Å². The van der Waals surface area contributed by atoms with Crippen LogP contribution in [0.3, 0.4) is 0 Å². The molecule has 1 aliphatic heterocycles. The minimum Gasteiger partial charge on any atom is -0.497 e. The highest BCUT2D eigenvalue weighted by Crippen LogP contribution is 2.29. The maximum Gasteiger partial charge on any atom is 0.263 e. The van der Waals surface area contributed by atoms with Gasteiger partial charge in [-0.3, -0.25) is 4.79 Å². The van der Waals surface area contributed by atoms with Crippen LogP contribution < -0.4 is 14.8 Å². The number of thioether (sulfide) groups is 1. The normalized spacial score (nSPS) is 16.9. The summed E-state index contributed by atoms with van der Waals surface area (Å²) < 4.78 is 10.8. The fraction of sp³-hybridized carbons (Fsp3) is 0.167. The van der Waals surface area contributed by atoms with Gasteiger partial charge in [0.2, 0.25) is 0 Å². The predicted molar refractivity (Wildman–Crippen MR) is 75.9 cm³/mol. The molecule has 1 fully saturated rings. The smallest absolute Gasteiger partial charge is 0.263 e. The Morgan fingerprint density at radius 2 is 1.83 bits per heavy atom. The Morgan fingerprint density at radius 1 is 1.22 bits per heavy atom. The Bertz CT molecular complexity index is 518. The topological polar surface area (TPSA) is 47.6 Å². The molecular formula is C12H11NO3S2. The summed E-state index contributed by atoms with van der Waals surface area (Å²) in [5.74, 6) is 1.17. The number of carbonyl (C=O) groups is 1. The number of ether oxygens (including phenoxy) is 2. The molecule has 94 valence electrons. The Kier molecular flexibility index (Phi) is 3.88. The van der Waals surface area contributed by atoms with Crippen molar-refractivity contribution < 1.29 is 14.3 Å². The van der Waals surface area contributed by atoms with Crippen molar-refractivity contribution in [3.05, 3.63) is 28.7 Å². The summed E-state index contributed by atoms with van der Waals surface area (Å²) in [7, 11) is 3.16. The number of nitrogens with one attached hydrogen (secondary N) is 1. The van der Waals surface area contributed by atoms with Crippen molar-refractivity contribution in [3.63, 3.8) is 0 Å². The summed E-state index contributed by atoms with van der Waals surface area (Å²) in [6.07, 6.45) is 1.75. The minimum absolute atomic E-state index is 0.174. The van der Waals surface area contributed by atoms with Gasteiger partial charge in [0.15, 0.2) is 0 Å². The van der Waals surface area contributed by atoms with E-state index in [4.69, 9.17) is 21.7 Å². The fourth-order valence-electron chi connectivity index (χ4n) is 1.49. The maximum atomic E-state index is 11.5. The van der Waals surface area contributed by atoms with Crippen molar-refractivity contribution in [2.75, 3.05) is 14.2 Å². The summed E-state index contributed by atoms with van der Waals surface area (Å²) in [5.41, 5.74) is 0.827. The number of methoxy groups -OCH3 is 2.